The van der Waals surface area contributed by atoms with Crippen LogP contribution in [0.3, 0.4) is 0 Å². The van der Waals surface area contributed by atoms with Gasteiger partial charge in [0.05, 0.1) is 28.9 Å². The van der Waals surface area contributed by atoms with Gasteiger partial charge in [0.2, 0.25) is 0 Å². The van der Waals surface area contributed by atoms with E-state index in [4.69, 9.17) is 4.74 Å². The molecule has 3 aromatic rings. The van der Waals surface area contributed by atoms with Gasteiger partial charge in [-0.15, -0.1) is 0 Å². The van der Waals surface area contributed by atoms with Crippen molar-refractivity contribution in [3.63, 3.8) is 0 Å². The quantitative estimate of drug-likeness (QED) is 0.677. The number of fused-ring (bicyclic) bond motifs is 1. The molecule has 0 radical (unpaired) electrons. The molecule has 0 spiro atoms. The first-order valence-corrected chi connectivity index (χ1v) is 8.79. The minimum Gasteiger partial charge on any atom is -0.487 e. The minimum atomic E-state index is -2.93. The summed E-state index contributed by atoms with van der Waals surface area (Å²) in [6.45, 7) is 1.05. The number of ether oxygens (including phenoxy) is 2. The lowest BCUT2D eigenvalue weighted by Gasteiger charge is -2.14. The SMILES string of the molecule is CC(C)c1c(-c2ccc(OC(F)F)c(OC3CC3)c2)[nH]c2cn[nH]c(=O)c12. The van der Waals surface area contributed by atoms with Crippen LogP contribution >= 0.6 is 0 Å². The van der Waals surface area contributed by atoms with Crippen molar-refractivity contribution in [2.24, 2.45) is 0 Å². The molecule has 0 saturated heterocycles. The molecule has 6 nitrogen and oxygen atoms in total. The lowest BCUT2D eigenvalue weighted by atomic mass is 9.96. The zero-order valence-corrected chi connectivity index (χ0v) is 14.9. The lowest BCUT2D eigenvalue weighted by Crippen LogP contribution is -2.08. The summed E-state index contributed by atoms with van der Waals surface area (Å²) in [6, 6.07) is 4.82. The maximum absolute atomic E-state index is 12.7. The van der Waals surface area contributed by atoms with E-state index < -0.39 is 6.61 Å². The monoisotopic (exact) mass is 375 g/mol. The van der Waals surface area contributed by atoms with Gasteiger partial charge in [-0.3, -0.25) is 4.79 Å². The molecule has 0 atom stereocenters. The Bertz CT molecular complexity index is 1040. The van der Waals surface area contributed by atoms with E-state index in [-0.39, 0.29) is 29.1 Å². The number of H-pyrrole nitrogens is 2. The summed E-state index contributed by atoms with van der Waals surface area (Å²) < 4.78 is 35.8. The molecule has 1 aliphatic carbocycles. The van der Waals surface area contributed by atoms with Gasteiger partial charge in [0.1, 0.15) is 0 Å². The summed E-state index contributed by atoms with van der Waals surface area (Å²) in [4.78, 5) is 15.5. The Morgan fingerprint density at radius 2 is 2.00 bits per heavy atom. The predicted molar refractivity (Wildman–Crippen MR) is 96.5 cm³/mol. The number of nitrogens with zero attached hydrogens (tertiary/aromatic N) is 1. The molecular weight excluding hydrogens is 356 g/mol. The molecule has 1 saturated carbocycles. The number of alkyl halides is 2. The van der Waals surface area contributed by atoms with Crippen LogP contribution < -0.4 is 15.0 Å². The van der Waals surface area contributed by atoms with Crippen molar-refractivity contribution in [1.82, 2.24) is 15.2 Å². The van der Waals surface area contributed by atoms with Crippen molar-refractivity contribution in [2.75, 3.05) is 0 Å². The zero-order valence-electron chi connectivity index (χ0n) is 14.9. The molecule has 27 heavy (non-hydrogen) atoms. The molecule has 8 heteroatoms. The molecule has 0 amide bonds. The van der Waals surface area contributed by atoms with E-state index in [0.717, 1.165) is 29.7 Å². The number of aromatic amines is 2. The van der Waals surface area contributed by atoms with Gasteiger partial charge in [-0.25, -0.2) is 5.10 Å². The van der Waals surface area contributed by atoms with Gasteiger partial charge in [-0.1, -0.05) is 13.8 Å². The van der Waals surface area contributed by atoms with Gasteiger partial charge in [0.15, 0.2) is 11.5 Å². The van der Waals surface area contributed by atoms with Gasteiger partial charge in [-0.05, 0) is 42.5 Å². The standard InChI is InChI=1S/C19H19F2N3O3/c1-9(2)15-16-12(8-22-24-18(16)25)23-17(15)10-3-6-13(27-19(20)21)14(7-10)26-11-4-5-11/h3,6-9,11,19,23H,4-5H2,1-2H3,(H,24,25). The molecule has 1 aliphatic rings. The molecule has 2 heterocycles. The molecule has 142 valence electrons. The van der Waals surface area contributed by atoms with Crippen molar-refractivity contribution in [3.8, 4) is 22.8 Å². The molecular formula is C19H19F2N3O3. The third kappa shape index (κ3) is 3.39. The Labute approximate surface area is 153 Å². The van der Waals surface area contributed by atoms with Gasteiger partial charge in [0.25, 0.3) is 5.56 Å². The van der Waals surface area contributed by atoms with Crippen LogP contribution in [0.4, 0.5) is 8.78 Å². The second kappa shape index (κ2) is 6.68. The van der Waals surface area contributed by atoms with Crippen molar-refractivity contribution in [2.45, 2.75) is 45.3 Å². The number of hydrogen-bond acceptors (Lipinski definition) is 4. The number of aromatic nitrogens is 3. The summed E-state index contributed by atoms with van der Waals surface area (Å²) in [6.07, 6.45) is 3.37. The highest BCUT2D eigenvalue weighted by atomic mass is 19.3. The van der Waals surface area contributed by atoms with E-state index in [1.165, 1.54) is 6.07 Å². The predicted octanol–water partition coefficient (Wildman–Crippen LogP) is 4.18. The van der Waals surface area contributed by atoms with Crippen LogP contribution in [0.15, 0.2) is 29.2 Å². The number of nitrogens with one attached hydrogen (secondary N) is 2. The Kier molecular flexibility index (Phi) is 4.33. The number of rotatable bonds is 6. The average Bonchev–Trinajstić information content (AvgIpc) is 3.32. The third-order valence-corrected chi connectivity index (χ3v) is 4.50. The Morgan fingerprint density at radius 1 is 1.22 bits per heavy atom. The van der Waals surface area contributed by atoms with Crippen LogP contribution in [0.1, 0.15) is 38.2 Å². The second-order valence-corrected chi connectivity index (χ2v) is 6.91. The first-order chi connectivity index (χ1) is 12.9. The maximum atomic E-state index is 12.7. The minimum absolute atomic E-state index is 0.00220. The number of benzene rings is 1. The fraction of sp³-hybridized carbons (Fsp3) is 0.368. The summed E-state index contributed by atoms with van der Waals surface area (Å²) in [5, 5.41) is 6.84. The van der Waals surface area contributed by atoms with Crippen molar-refractivity contribution in [3.05, 3.63) is 40.3 Å². The smallest absolute Gasteiger partial charge is 0.387 e. The normalized spacial score (nSPS) is 14.3. The van der Waals surface area contributed by atoms with Gasteiger partial charge >= 0.3 is 6.61 Å². The summed E-state index contributed by atoms with van der Waals surface area (Å²) in [5.74, 6) is 0.333. The molecule has 0 unspecified atom stereocenters. The van der Waals surface area contributed by atoms with Crippen LogP contribution in [0, 0.1) is 0 Å². The van der Waals surface area contributed by atoms with E-state index in [1.807, 2.05) is 13.8 Å². The molecule has 0 aliphatic heterocycles. The summed E-state index contributed by atoms with van der Waals surface area (Å²) >= 11 is 0. The third-order valence-electron chi connectivity index (χ3n) is 4.50. The Hall–Kier alpha value is -2.90. The highest BCUT2D eigenvalue weighted by Gasteiger charge is 2.26. The molecule has 0 bridgehead atoms. The first-order valence-electron chi connectivity index (χ1n) is 8.79. The van der Waals surface area contributed by atoms with Crippen LogP contribution in [0.5, 0.6) is 11.5 Å². The van der Waals surface area contributed by atoms with E-state index in [9.17, 15) is 13.6 Å². The molecule has 4 rings (SSSR count). The Morgan fingerprint density at radius 3 is 2.67 bits per heavy atom. The van der Waals surface area contributed by atoms with Crippen LogP contribution in [0.2, 0.25) is 0 Å². The molecule has 2 N–H and O–H groups in total. The van der Waals surface area contributed by atoms with Crippen LogP contribution in [-0.2, 0) is 0 Å². The van der Waals surface area contributed by atoms with Gasteiger partial charge in [0, 0.05) is 5.56 Å². The first kappa shape index (κ1) is 17.5. The molecule has 2 aromatic heterocycles. The highest BCUT2D eigenvalue weighted by Crippen LogP contribution is 2.40. The van der Waals surface area contributed by atoms with Crippen LogP contribution in [0.25, 0.3) is 22.2 Å². The largest absolute Gasteiger partial charge is 0.487 e. The molecule has 1 aromatic carbocycles. The average molecular weight is 375 g/mol. The van der Waals surface area contributed by atoms with Gasteiger partial charge < -0.3 is 14.5 Å². The second-order valence-electron chi connectivity index (χ2n) is 6.91. The van der Waals surface area contributed by atoms with Crippen molar-refractivity contribution in [1.29, 1.82) is 0 Å². The maximum Gasteiger partial charge on any atom is 0.387 e. The van der Waals surface area contributed by atoms with E-state index >= 15 is 0 Å². The van der Waals surface area contributed by atoms with E-state index in [0.29, 0.717) is 10.9 Å². The highest BCUT2D eigenvalue weighted by molar-refractivity contribution is 5.90. The van der Waals surface area contributed by atoms with Gasteiger partial charge in [-0.2, -0.15) is 13.9 Å². The zero-order chi connectivity index (χ0) is 19.1. The fourth-order valence-corrected chi connectivity index (χ4v) is 3.21. The lowest BCUT2D eigenvalue weighted by molar-refractivity contribution is -0.0516. The van der Waals surface area contributed by atoms with Crippen LogP contribution in [-0.4, -0.2) is 27.9 Å². The fourth-order valence-electron chi connectivity index (χ4n) is 3.21. The van der Waals surface area contributed by atoms with E-state index in [2.05, 4.69) is 19.9 Å². The number of hydrogen-bond donors (Lipinski definition) is 2. The van der Waals surface area contributed by atoms with E-state index in [1.54, 1.807) is 18.3 Å². The summed E-state index contributed by atoms with van der Waals surface area (Å²) in [5.41, 5.74) is 2.66. The van der Waals surface area contributed by atoms with Crippen molar-refractivity contribution >= 4 is 10.9 Å². The molecule has 1 fully saturated rings. The Balaban J connectivity index is 1.86. The number of halogens is 2. The topological polar surface area (TPSA) is 80.0 Å². The summed E-state index contributed by atoms with van der Waals surface area (Å²) in [7, 11) is 0. The van der Waals surface area contributed by atoms with Crippen molar-refractivity contribution < 1.29 is 18.3 Å².